The number of likely N-dealkylation sites (N-methyl/N-ethyl adjacent to an activating group) is 1. The molecule has 2 N–H and O–H groups in total. The Morgan fingerprint density at radius 3 is 2.86 bits per heavy atom. The summed E-state index contributed by atoms with van der Waals surface area (Å²) < 4.78 is 41.9. The molecular formula is C13H19ClFN3O2S. The van der Waals surface area contributed by atoms with Crippen molar-refractivity contribution in [3.63, 3.8) is 0 Å². The molecule has 5 nitrogen and oxygen atoms in total. The molecule has 0 bridgehead atoms. The first-order valence-corrected chi connectivity index (χ1v) is 8.65. The summed E-state index contributed by atoms with van der Waals surface area (Å²) in [7, 11) is -1.91. The number of hydrogen-bond acceptors (Lipinski definition) is 3. The normalized spacial score (nSPS) is 20.4. The molecule has 1 aromatic rings. The molecule has 0 saturated carbocycles. The van der Waals surface area contributed by atoms with E-state index in [2.05, 4.69) is 10.0 Å². The average molecular weight is 336 g/mol. The van der Waals surface area contributed by atoms with Crippen LogP contribution in [0.4, 0.5) is 10.1 Å². The van der Waals surface area contributed by atoms with E-state index in [-0.39, 0.29) is 16.8 Å². The average Bonchev–Trinajstić information content (AvgIpc) is 2.43. The SMILES string of the molecule is CNCC1CCCCN1S(=O)(=O)Nc1ccc(F)cc1Cl. The quantitative estimate of drug-likeness (QED) is 0.867. The number of rotatable bonds is 5. The Labute approximate surface area is 129 Å². The molecular weight excluding hydrogens is 317 g/mol. The second-order valence-corrected chi connectivity index (χ2v) is 7.08. The molecule has 0 radical (unpaired) electrons. The fourth-order valence-electron chi connectivity index (χ4n) is 2.50. The first kappa shape index (κ1) is 16.5. The summed E-state index contributed by atoms with van der Waals surface area (Å²) in [5.74, 6) is -0.506. The van der Waals surface area contributed by atoms with Gasteiger partial charge in [0, 0.05) is 19.1 Å². The Bertz CT molecular complexity index is 595. The molecule has 0 spiro atoms. The first-order valence-electron chi connectivity index (χ1n) is 6.83. The highest BCUT2D eigenvalue weighted by atomic mass is 35.5. The topological polar surface area (TPSA) is 61.4 Å². The van der Waals surface area contributed by atoms with Crippen LogP contribution >= 0.6 is 11.6 Å². The third kappa shape index (κ3) is 4.06. The number of nitrogens with zero attached hydrogens (tertiary/aromatic N) is 1. The molecule has 21 heavy (non-hydrogen) atoms. The zero-order valence-corrected chi connectivity index (χ0v) is 13.3. The zero-order valence-electron chi connectivity index (χ0n) is 11.8. The van der Waals surface area contributed by atoms with Crippen molar-refractivity contribution in [2.45, 2.75) is 25.3 Å². The van der Waals surface area contributed by atoms with Crippen LogP contribution in [0, 0.1) is 5.82 Å². The van der Waals surface area contributed by atoms with Gasteiger partial charge in [-0.3, -0.25) is 4.72 Å². The number of anilines is 1. The highest BCUT2D eigenvalue weighted by Crippen LogP contribution is 2.26. The largest absolute Gasteiger partial charge is 0.318 e. The summed E-state index contributed by atoms with van der Waals surface area (Å²) in [6, 6.07) is 3.50. The molecule has 1 heterocycles. The maximum Gasteiger partial charge on any atom is 0.301 e. The Balaban J connectivity index is 2.20. The molecule has 1 unspecified atom stereocenters. The van der Waals surface area contributed by atoms with Gasteiger partial charge in [0.15, 0.2) is 0 Å². The first-order chi connectivity index (χ1) is 9.94. The standard InChI is InChI=1S/C13H19ClFN3O2S/c1-16-9-11-4-2-3-7-18(11)21(19,20)17-13-6-5-10(15)8-12(13)14/h5-6,8,11,16-17H,2-4,7,9H2,1H3. The number of nitrogens with one attached hydrogen (secondary N) is 2. The fourth-order valence-corrected chi connectivity index (χ4v) is 4.29. The summed E-state index contributed by atoms with van der Waals surface area (Å²) in [6.45, 7) is 1.07. The van der Waals surface area contributed by atoms with E-state index in [4.69, 9.17) is 11.6 Å². The Kier molecular flexibility index (Phi) is 5.43. The lowest BCUT2D eigenvalue weighted by atomic mass is 10.1. The molecule has 0 amide bonds. The number of benzene rings is 1. The predicted molar refractivity (Wildman–Crippen MR) is 82.2 cm³/mol. The zero-order chi connectivity index (χ0) is 15.5. The molecule has 1 aromatic carbocycles. The molecule has 0 aliphatic carbocycles. The van der Waals surface area contributed by atoms with Crippen molar-refractivity contribution in [1.82, 2.24) is 9.62 Å². The minimum atomic E-state index is -3.71. The third-order valence-electron chi connectivity index (χ3n) is 3.49. The lowest BCUT2D eigenvalue weighted by Crippen LogP contribution is -2.49. The summed E-state index contributed by atoms with van der Waals surface area (Å²) in [5, 5.41) is 3.06. The van der Waals surface area contributed by atoms with Crippen LogP contribution in [-0.4, -0.2) is 38.9 Å². The number of piperidine rings is 1. The van der Waals surface area contributed by atoms with E-state index < -0.39 is 16.0 Å². The van der Waals surface area contributed by atoms with Crippen molar-refractivity contribution in [1.29, 1.82) is 0 Å². The molecule has 118 valence electrons. The van der Waals surface area contributed by atoms with Crippen LogP contribution in [0.2, 0.25) is 5.02 Å². The van der Waals surface area contributed by atoms with Gasteiger partial charge in [0.05, 0.1) is 10.7 Å². The molecule has 1 aliphatic rings. The van der Waals surface area contributed by atoms with Crippen molar-refractivity contribution in [2.75, 3.05) is 24.9 Å². The second-order valence-electron chi connectivity index (χ2n) is 5.05. The van der Waals surface area contributed by atoms with Gasteiger partial charge in [-0.25, -0.2) is 4.39 Å². The van der Waals surface area contributed by atoms with Crippen LogP contribution in [0.5, 0.6) is 0 Å². The van der Waals surface area contributed by atoms with E-state index in [1.165, 1.54) is 16.4 Å². The number of hydrogen-bond donors (Lipinski definition) is 2. The van der Waals surface area contributed by atoms with Crippen LogP contribution in [0.15, 0.2) is 18.2 Å². The highest BCUT2D eigenvalue weighted by molar-refractivity contribution is 7.90. The third-order valence-corrected chi connectivity index (χ3v) is 5.38. The molecule has 1 aliphatic heterocycles. The fraction of sp³-hybridized carbons (Fsp3) is 0.538. The van der Waals surface area contributed by atoms with Crippen molar-refractivity contribution < 1.29 is 12.8 Å². The summed E-state index contributed by atoms with van der Waals surface area (Å²) in [4.78, 5) is 0. The van der Waals surface area contributed by atoms with Gasteiger partial charge in [-0.05, 0) is 38.1 Å². The van der Waals surface area contributed by atoms with Crippen LogP contribution in [0.25, 0.3) is 0 Å². The van der Waals surface area contributed by atoms with E-state index in [1.807, 2.05) is 0 Å². The van der Waals surface area contributed by atoms with Gasteiger partial charge in [0.25, 0.3) is 0 Å². The predicted octanol–water partition coefficient (Wildman–Crippen LogP) is 2.21. The maximum absolute atomic E-state index is 13.0. The lowest BCUT2D eigenvalue weighted by molar-refractivity contribution is 0.250. The van der Waals surface area contributed by atoms with Crippen LogP contribution in [0.1, 0.15) is 19.3 Å². The van der Waals surface area contributed by atoms with Crippen molar-refractivity contribution in [2.24, 2.45) is 0 Å². The van der Waals surface area contributed by atoms with Gasteiger partial charge in [-0.2, -0.15) is 12.7 Å². The van der Waals surface area contributed by atoms with Crippen molar-refractivity contribution in [3.05, 3.63) is 29.0 Å². The van der Waals surface area contributed by atoms with Gasteiger partial charge in [0.2, 0.25) is 0 Å². The summed E-state index contributed by atoms with van der Waals surface area (Å²) >= 11 is 5.87. The van der Waals surface area contributed by atoms with E-state index in [0.29, 0.717) is 13.1 Å². The minimum absolute atomic E-state index is 0.0424. The number of halogens is 2. The molecule has 0 aromatic heterocycles. The summed E-state index contributed by atoms with van der Waals surface area (Å²) in [6.07, 6.45) is 2.66. The maximum atomic E-state index is 13.0. The van der Waals surface area contributed by atoms with E-state index >= 15 is 0 Å². The second kappa shape index (κ2) is 6.91. The van der Waals surface area contributed by atoms with Gasteiger partial charge in [-0.15, -0.1) is 0 Å². The van der Waals surface area contributed by atoms with Crippen LogP contribution < -0.4 is 10.0 Å². The molecule has 1 fully saturated rings. The molecule has 1 saturated heterocycles. The molecule has 1 atom stereocenters. The Morgan fingerprint density at radius 2 is 2.19 bits per heavy atom. The molecule has 2 rings (SSSR count). The highest BCUT2D eigenvalue weighted by Gasteiger charge is 2.32. The van der Waals surface area contributed by atoms with Crippen molar-refractivity contribution in [3.8, 4) is 0 Å². The van der Waals surface area contributed by atoms with Crippen LogP contribution in [-0.2, 0) is 10.2 Å². The Hall–Kier alpha value is -0.890. The van der Waals surface area contributed by atoms with Crippen LogP contribution in [0.3, 0.4) is 0 Å². The monoisotopic (exact) mass is 335 g/mol. The Morgan fingerprint density at radius 1 is 1.43 bits per heavy atom. The lowest BCUT2D eigenvalue weighted by Gasteiger charge is -2.34. The van der Waals surface area contributed by atoms with Gasteiger partial charge in [-0.1, -0.05) is 18.0 Å². The van der Waals surface area contributed by atoms with Gasteiger partial charge in [0.1, 0.15) is 5.82 Å². The minimum Gasteiger partial charge on any atom is -0.318 e. The summed E-state index contributed by atoms with van der Waals surface area (Å²) in [5.41, 5.74) is 0.187. The van der Waals surface area contributed by atoms with E-state index in [0.717, 1.165) is 25.3 Å². The van der Waals surface area contributed by atoms with E-state index in [9.17, 15) is 12.8 Å². The molecule has 8 heteroatoms. The van der Waals surface area contributed by atoms with E-state index in [1.54, 1.807) is 7.05 Å². The van der Waals surface area contributed by atoms with Crippen molar-refractivity contribution >= 4 is 27.5 Å². The smallest absolute Gasteiger partial charge is 0.301 e. The van der Waals surface area contributed by atoms with Gasteiger partial charge >= 0.3 is 10.2 Å². The van der Waals surface area contributed by atoms with Gasteiger partial charge < -0.3 is 5.32 Å².